The Morgan fingerprint density at radius 3 is 2.60 bits per heavy atom. The van der Waals surface area contributed by atoms with Crippen LogP contribution in [0, 0.1) is 0 Å². The third-order valence-corrected chi connectivity index (χ3v) is 2.97. The van der Waals surface area contributed by atoms with E-state index in [1.807, 2.05) is 0 Å². The van der Waals surface area contributed by atoms with Crippen LogP contribution in [0.5, 0.6) is 0 Å². The summed E-state index contributed by atoms with van der Waals surface area (Å²) in [4.78, 5) is 22.4. The van der Waals surface area contributed by atoms with Gasteiger partial charge in [-0.25, -0.2) is 4.79 Å². The van der Waals surface area contributed by atoms with Gasteiger partial charge in [-0.1, -0.05) is 29.3 Å². The zero-order chi connectivity index (χ0) is 15.1. The first-order chi connectivity index (χ1) is 9.43. The molecule has 1 aromatic carbocycles. The molecule has 0 aliphatic carbocycles. The molecule has 1 atom stereocenters. The summed E-state index contributed by atoms with van der Waals surface area (Å²) >= 11 is 11.7. The minimum Gasteiger partial charge on any atom is -0.480 e. The van der Waals surface area contributed by atoms with Gasteiger partial charge in [0.15, 0.2) is 0 Å². The smallest absolute Gasteiger partial charge is 0.326 e. The van der Waals surface area contributed by atoms with Gasteiger partial charge in [-0.15, -0.1) is 0 Å². The normalized spacial score (nSPS) is 12.3. The van der Waals surface area contributed by atoms with Crippen LogP contribution in [0.1, 0.15) is 12.0 Å². The van der Waals surface area contributed by atoms with E-state index in [1.165, 1.54) is 18.2 Å². The standard InChI is InChI=1S/C13H13Cl2NO4/c14-9-3-1-8(10(15)7-9)2-4-12(18)16-11(5-6-17)13(19)20/h1-4,7,11,17H,5-6H2,(H,16,18)(H,19,20)/b4-2+/t11-/m1/s1. The van der Waals surface area contributed by atoms with Crippen molar-refractivity contribution in [3.05, 3.63) is 39.9 Å². The van der Waals surface area contributed by atoms with Crippen LogP contribution >= 0.6 is 23.2 Å². The maximum absolute atomic E-state index is 11.6. The number of hydrogen-bond acceptors (Lipinski definition) is 3. The highest BCUT2D eigenvalue weighted by atomic mass is 35.5. The number of rotatable bonds is 6. The van der Waals surface area contributed by atoms with E-state index in [0.717, 1.165) is 0 Å². The van der Waals surface area contributed by atoms with Crippen LogP contribution in [0.2, 0.25) is 10.0 Å². The van der Waals surface area contributed by atoms with E-state index in [0.29, 0.717) is 15.6 Å². The summed E-state index contributed by atoms with van der Waals surface area (Å²) in [6.45, 7) is -0.329. The molecule has 20 heavy (non-hydrogen) atoms. The fourth-order valence-corrected chi connectivity index (χ4v) is 1.88. The Bertz CT molecular complexity index is 531. The van der Waals surface area contributed by atoms with Crippen molar-refractivity contribution in [2.45, 2.75) is 12.5 Å². The van der Waals surface area contributed by atoms with Crippen molar-refractivity contribution in [2.75, 3.05) is 6.61 Å². The van der Waals surface area contributed by atoms with Crippen molar-refractivity contribution >= 4 is 41.2 Å². The van der Waals surface area contributed by atoms with Crippen molar-refractivity contribution in [3.63, 3.8) is 0 Å². The minimum atomic E-state index is -1.20. The average Bonchev–Trinajstić information content (AvgIpc) is 2.37. The first kappa shape index (κ1) is 16.5. The number of amides is 1. The second kappa shape index (κ2) is 7.89. The van der Waals surface area contributed by atoms with E-state index in [2.05, 4.69) is 5.32 Å². The lowest BCUT2D eigenvalue weighted by Crippen LogP contribution is -2.40. The Kier molecular flexibility index (Phi) is 6.51. The molecule has 0 aliphatic heterocycles. The molecule has 108 valence electrons. The molecule has 0 unspecified atom stereocenters. The molecule has 0 aromatic heterocycles. The lowest BCUT2D eigenvalue weighted by atomic mass is 10.2. The number of aliphatic carboxylic acids is 1. The number of aliphatic hydroxyl groups excluding tert-OH is 1. The topological polar surface area (TPSA) is 86.6 Å². The van der Waals surface area contributed by atoms with Gasteiger partial charge in [0.25, 0.3) is 0 Å². The van der Waals surface area contributed by atoms with Gasteiger partial charge in [-0.2, -0.15) is 0 Å². The highest BCUT2D eigenvalue weighted by Gasteiger charge is 2.17. The van der Waals surface area contributed by atoms with Gasteiger partial charge in [0, 0.05) is 29.1 Å². The van der Waals surface area contributed by atoms with Crippen molar-refractivity contribution in [1.29, 1.82) is 0 Å². The molecule has 1 amide bonds. The monoisotopic (exact) mass is 317 g/mol. The van der Waals surface area contributed by atoms with E-state index in [-0.39, 0.29) is 13.0 Å². The second-order valence-electron chi connectivity index (χ2n) is 3.91. The molecule has 0 saturated heterocycles. The molecule has 7 heteroatoms. The molecule has 5 nitrogen and oxygen atoms in total. The first-order valence-electron chi connectivity index (χ1n) is 5.71. The molecule has 0 radical (unpaired) electrons. The molecule has 0 heterocycles. The molecule has 1 aromatic rings. The minimum absolute atomic E-state index is 0.0589. The number of benzene rings is 1. The number of nitrogens with one attached hydrogen (secondary N) is 1. The Morgan fingerprint density at radius 1 is 1.35 bits per heavy atom. The summed E-state index contributed by atoms with van der Waals surface area (Å²) in [6.07, 6.45) is 2.56. The SMILES string of the molecule is O=C(/C=C/c1ccc(Cl)cc1Cl)N[C@H](CCO)C(=O)O. The van der Waals surface area contributed by atoms with Crippen molar-refractivity contribution in [1.82, 2.24) is 5.32 Å². The van der Waals surface area contributed by atoms with Gasteiger partial charge in [-0.3, -0.25) is 4.79 Å². The van der Waals surface area contributed by atoms with Crippen molar-refractivity contribution < 1.29 is 19.8 Å². The fourth-order valence-electron chi connectivity index (χ4n) is 1.41. The molecule has 0 saturated carbocycles. The van der Waals surface area contributed by atoms with Gasteiger partial charge in [-0.05, 0) is 23.8 Å². The van der Waals surface area contributed by atoms with Crippen LogP contribution in [0.15, 0.2) is 24.3 Å². The van der Waals surface area contributed by atoms with Crippen LogP contribution in [0.25, 0.3) is 6.08 Å². The maximum atomic E-state index is 11.6. The molecular formula is C13H13Cl2NO4. The zero-order valence-electron chi connectivity index (χ0n) is 10.3. The summed E-state index contributed by atoms with van der Waals surface area (Å²) in [5, 5.41) is 20.7. The van der Waals surface area contributed by atoms with Crippen molar-refractivity contribution in [2.24, 2.45) is 0 Å². The van der Waals surface area contributed by atoms with E-state index >= 15 is 0 Å². The van der Waals surface area contributed by atoms with E-state index in [4.69, 9.17) is 33.4 Å². The van der Waals surface area contributed by atoms with E-state index < -0.39 is 17.9 Å². The number of carbonyl (C=O) groups is 2. The quantitative estimate of drug-likeness (QED) is 0.700. The van der Waals surface area contributed by atoms with Crippen LogP contribution in [0.3, 0.4) is 0 Å². The van der Waals surface area contributed by atoms with Gasteiger partial charge in [0.05, 0.1) is 0 Å². The number of carboxylic acid groups (broad SMARTS) is 1. The second-order valence-corrected chi connectivity index (χ2v) is 4.75. The first-order valence-corrected chi connectivity index (χ1v) is 6.47. The summed E-state index contributed by atoms with van der Waals surface area (Å²) in [5.74, 6) is -1.79. The molecule has 0 fully saturated rings. The van der Waals surface area contributed by atoms with Crippen LogP contribution < -0.4 is 5.32 Å². The average molecular weight is 318 g/mol. The third kappa shape index (κ3) is 5.21. The number of halogens is 2. The lowest BCUT2D eigenvalue weighted by Gasteiger charge is -2.11. The number of aliphatic hydroxyl groups is 1. The lowest BCUT2D eigenvalue weighted by molar-refractivity contribution is -0.141. The van der Waals surface area contributed by atoms with Gasteiger partial charge in [0.1, 0.15) is 6.04 Å². The Balaban J connectivity index is 2.69. The number of carbonyl (C=O) groups excluding carboxylic acids is 1. The largest absolute Gasteiger partial charge is 0.480 e. The predicted octanol–water partition coefficient (Wildman–Crippen LogP) is 1.96. The molecule has 0 aliphatic rings. The Hall–Kier alpha value is -1.56. The van der Waals surface area contributed by atoms with Gasteiger partial charge >= 0.3 is 5.97 Å². The third-order valence-electron chi connectivity index (χ3n) is 2.41. The Labute approximate surface area is 125 Å². The molecule has 0 spiro atoms. The van der Waals surface area contributed by atoms with E-state index in [1.54, 1.807) is 12.1 Å². The highest BCUT2D eigenvalue weighted by molar-refractivity contribution is 6.35. The molecular weight excluding hydrogens is 305 g/mol. The van der Waals surface area contributed by atoms with Gasteiger partial charge < -0.3 is 15.5 Å². The maximum Gasteiger partial charge on any atom is 0.326 e. The number of hydrogen-bond donors (Lipinski definition) is 3. The summed E-state index contributed by atoms with van der Waals surface area (Å²) in [6, 6.07) is 3.66. The fraction of sp³-hybridized carbons (Fsp3) is 0.231. The van der Waals surface area contributed by atoms with E-state index in [9.17, 15) is 9.59 Å². The molecule has 3 N–H and O–H groups in total. The summed E-state index contributed by atoms with van der Waals surface area (Å²) in [7, 11) is 0. The zero-order valence-corrected chi connectivity index (χ0v) is 11.9. The Morgan fingerprint density at radius 2 is 2.05 bits per heavy atom. The van der Waals surface area contributed by atoms with Crippen molar-refractivity contribution in [3.8, 4) is 0 Å². The van der Waals surface area contributed by atoms with Crippen LogP contribution in [0.4, 0.5) is 0 Å². The molecule has 1 rings (SSSR count). The summed E-state index contributed by atoms with van der Waals surface area (Å²) < 4.78 is 0. The summed E-state index contributed by atoms with van der Waals surface area (Å²) in [5.41, 5.74) is 0.584. The van der Waals surface area contributed by atoms with Gasteiger partial charge in [0.2, 0.25) is 5.91 Å². The number of carboxylic acids is 1. The van der Waals surface area contributed by atoms with Crippen LogP contribution in [-0.4, -0.2) is 34.7 Å². The highest BCUT2D eigenvalue weighted by Crippen LogP contribution is 2.21. The predicted molar refractivity (Wildman–Crippen MR) is 76.8 cm³/mol. The van der Waals surface area contributed by atoms with Crippen LogP contribution in [-0.2, 0) is 9.59 Å². The molecule has 0 bridgehead atoms.